The van der Waals surface area contributed by atoms with Crippen LogP contribution in [0.1, 0.15) is 34.1 Å². The first-order chi connectivity index (χ1) is 11.1. The summed E-state index contributed by atoms with van der Waals surface area (Å²) in [5, 5.41) is 5.57. The maximum atomic E-state index is 12.3. The van der Waals surface area contributed by atoms with E-state index in [2.05, 4.69) is 39.8 Å². The molecular formula is C17H20ClN3OS. The summed E-state index contributed by atoms with van der Waals surface area (Å²) in [4.78, 5) is 20.0. The standard InChI is InChI=1S/C17H20ClN3OS/c1-21-8-2-4-12(16(21)14-5-3-9-23-14)10-20-17(22)13-6-7-15(18)19-11-13/h3,5-7,9,11-12,16H,2,4,8,10H2,1H3,(H,20,22)/t12-,16+/m0/s1. The predicted octanol–water partition coefficient (Wildman–Crippen LogP) is 3.61. The number of pyridine rings is 1. The van der Waals surface area contributed by atoms with Crippen LogP contribution in [0.4, 0.5) is 0 Å². The molecule has 0 aromatic carbocycles. The molecule has 3 heterocycles. The molecule has 1 aliphatic rings. The van der Waals surface area contributed by atoms with Gasteiger partial charge in [-0.15, -0.1) is 11.3 Å². The number of piperidine rings is 1. The first-order valence-electron chi connectivity index (χ1n) is 7.78. The number of carbonyl (C=O) groups excluding carboxylic acids is 1. The van der Waals surface area contributed by atoms with Crippen LogP contribution in [0.3, 0.4) is 0 Å². The number of rotatable bonds is 4. The number of nitrogens with one attached hydrogen (secondary N) is 1. The Bertz CT molecular complexity index is 644. The quantitative estimate of drug-likeness (QED) is 0.858. The van der Waals surface area contributed by atoms with Crippen molar-refractivity contribution in [1.29, 1.82) is 0 Å². The van der Waals surface area contributed by atoms with Crippen LogP contribution in [0.2, 0.25) is 5.15 Å². The second-order valence-electron chi connectivity index (χ2n) is 5.92. The molecule has 23 heavy (non-hydrogen) atoms. The third kappa shape index (κ3) is 3.91. The van der Waals surface area contributed by atoms with Gasteiger partial charge in [-0.25, -0.2) is 4.98 Å². The van der Waals surface area contributed by atoms with E-state index >= 15 is 0 Å². The maximum Gasteiger partial charge on any atom is 0.252 e. The Kier molecular flexibility index (Phi) is 5.30. The van der Waals surface area contributed by atoms with Crippen LogP contribution in [0.5, 0.6) is 0 Å². The van der Waals surface area contributed by atoms with Gasteiger partial charge in [0.1, 0.15) is 5.15 Å². The van der Waals surface area contributed by atoms with Crippen molar-refractivity contribution in [2.75, 3.05) is 20.1 Å². The highest BCUT2D eigenvalue weighted by Gasteiger charge is 2.31. The Labute approximate surface area is 145 Å². The molecule has 1 saturated heterocycles. The highest BCUT2D eigenvalue weighted by atomic mass is 35.5. The second kappa shape index (κ2) is 7.43. The Hall–Kier alpha value is -1.43. The fourth-order valence-corrected chi connectivity index (χ4v) is 4.31. The van der Waals surface area contributed by atoms with Crippen LogP contribution < -0.4 is 5.32 Å². The molecule has 2 aromatic rings. The highest BCUT2D eigenvalue weighted by molar-refractivity contribution is 7.10. The number of halogens is 1. The van der Waals surface area contributed by atoms with E-state index in [0.717, 1.165) is 13.0 Å². The predicted molar refractivity (Wildman–Crippen MR) is 94.0 cm³/mol. The third-order valence-electron chi connectivity index (χ3n) is 4.36. The summed E-state index contributed by atoms with van der Waals surface area (Å²) >= 11 is 7.55. The number of amides is 1. The minimum Gasteiger partial charge on any atom is -0.352 e. The van der Waals surface area contributed by atoms with Crippen LogP contribution in [0, 0.1) is 5.92 Å². The molecule has 1 fully saturated rings. The zero-order chi connectivity index (χ0) is 16.2. The molecule has 0 unspecified atom stereocenters. The zero-order valence-corrected chi connectivity index (χ0v) is 14.6. The molecule has 2 aromatic heterocycles. The Morgan fingerprint density at radius 1 is 1.48 bits per heavy atom. The lowest BCUT2D eigenvalue weighted by molar-refractivity contribution is 0.0895. The van der Waals surface area contributed by atoms with Crippen LogP contribution in [-0.4, -0.2) is 35.9 Å². The van der Waals surface area contributed by atoms with E-state index in [4.69, 9.17) is 11.6 Å². The fraction of sp³-hybridized carbons (Fsp3) is 0.412. The summed E-state index contributed by atoms with van der Waals surface area (Å²) in [7, 11) is 2.17. The van der Waals surface area contributed by atoms with Crippen molar-refractivity contribution in [2.24, 2.45) is 5.92 Å². The van der Waals surface area contributed by atoms with Crippen molar-refractivity contribution in [2.45, 2.75) is 18.9 Å². The van der Waals surface area contributed by atoms with Crippen molar-refractivity contribution in [3.8, 4) is 0 Å². The average molecular weight is 350 g/mol. The van der Waals surface area contributed by atoms with Gasteiger partial charge in [0.05, 0.1) is 5.56 Å². The molecule has 4 nitrogen and oxygen atoms in total. The van der Waals surface area contributed by atoms with E-state index in [0.29, 0.717) is 29.2 Å². The van der Waals surface area contributed by atoms with E-state index in [1.165, 1.54) is 17.5 Å². The summed E-state index contributed by atoms with van der Waals surface area (Å²) in [5.41, 5.74) is 0.547. The molecule has 2 atom stereocenters. The van der Waals surface area contributed by atoms with Crippen molar-refractivity contribution in [3.05, 3.63) is 51.4 Å². The second-order valence-corrected chi connectivity index (χ2v) is 7.29. The van der Waals surface area contributed by atoms with Crippen LogP contribution >= 0.6 is 22.9 Å². The van der Waals surface area contributed by atoms with Gasteiger partial charge in [0.2, 0.25) is 0 Å². The van der Waals surface area contributed by atoms with Crippen molar-refractivity contribution in [3.63, 3.8) is 0 Å². The summed E-state index contributed by atoms with van der Waals surface area (Å²) in [6.07, 6.45) is 3.81. The SMILES string of the molecule is CN1CCC[C@@H](CNC(=O)c2ccc(Cl)nc2)[C@@H]1c1cccs1. The molecule has 0 spiro atoms. The molecule has 3 rings (SSSR count). The molecule has 1 aliphatic heterocycles. The molecule has 0 saturated carbocycles. The Balaban J connectivity index is 1.65. The van der Waals surface area contributed by atoms with Gasteiger partial charge < -0.3 is 5.32 Å². The summed E-state index contributed by atoms with van der Waals surface area (Å²) in [5.74, 6) is 0.337. The summed E-state index contributed by atoms with van der Waals surface area (Å²) in [6.45, 7) is 1.78. The number of likely N-dealkylation sites (tertiary alicyclic amines) is 1. The highest BCUT2D eigenvalue weighted by Crippen LogP contribution is 2.36. The van der Waals surface area contributed by atoms with E-state index < -0.39 is 0 Å². The van der Waals surface area contributed by atoms with E-state index in [1.807, 2.05) is 0 Å². The number of hydrogen-bond acceptors (Lipinski definition) is 4. The van der Waals surface area contributed by atoms with Gasteiger partial charge in [0.25, 0.3) is 5.91 Å². The number of hydrogen-bond donors (Lipinski definition) is 1. The van der Waals surface area contributed by atoms with Gasteiger partial charge in [-0.3, -0.25) is 9.69 Å². The normalized spacial score (nSPS) is 22.0. The first kappa shape index (κ1) is 16.4. The average Bonchev–Trinajstić information content (AvgIpc) is 3.07. The van der Waals surface area contributed by atoms with Gasteiger partial charge in [0, 0.05) is 23.7 Å². The molecule has 1 amide bonds. The lowest BCUT2D eigenvalue weighted by Crippen LogP contribution is -2.41. The molecule has 122 valence electrons. The molecule has 6 heteroatoms. The molecule has 0 radical (unpaired) electrons. The van der Waals surface area contributed by atoms with Gasteiger partial charge in [0.15, 0.2) is 0 Å². The molecule has 0 aliphatic carbocycles. The Morgan fingerprint density at radius 2 is 2.35 bits per heavy atom. The minimum atomic E-state index is -0.0904. The van der Waals surface area contributed by atoms with Gasteiger partial charge in [-0.2, -0.15) is 0 Å². The monoisotopic (exact) mass is 349 g/mol. The Morgan fingerprint density at radius 3 is 3.04 bits per heavy atom. The van der Waals surface area contributed by atoms with Gasteiger partial charge in [-0.05, 0) is 55.9 Å². The lowest BCUT2D eigenvalue weighted by atomic mass is 9.88. The van der Waals surface area contributed by atoms with E-state index in [-0.39, 0.29) is 5.91 Å². The number of carbonyl (C=O) groups is 1. The number of nitrogens with zero attached hydrogens (tertiary/aromatic N) is 2. The number of thiophene rings is 1. The largest absolute Gasteiger partial charge is 0.352 e. The van der Waals surface area contributed by atoms with E-state index in [1.54, 1.807) is 23.5 Å². The zero-order valence-electron chi connectivity index (χ0n) is 13.0. The van der Waals surface area contributed by atoms with Gasteiger partial charge in [-0.1, -0.05) is 17.7 Å². The first-order valence-corrected chi connectivity index (χ1v) is 9.04. The maximum absolute atomic E-state index is 12.3. The lowest BCUT2D eigenvalue weighted by Gasteiger charge is -2.38. The van der Waals surface area contributed by atoms with Crippen molar-refractivity contribution >= 4 is 28.8 Å². The summed E-state index contributed by atoms with van der Waals surface area (Å²) in [6, 6.07) is 8.01. The molecule has 1 N–H and O–H groups in total. The number of aromatic nitrogens is 1. The minimum absolute atomic E-state index is 0.0904. The van der Waals surface area contributed by atoms with E-state index in [9.17, 15) is 4.79 Å². The molecule has 0 bridgehead atoms. The van der Waals surface area contributed by atoms with Crippen LogP contribution in [0.15, 0.2) is 35.8 Å². The third-order valence-corrected chi connectivity index (χ3v) is 5.52. The topological polar surface area (TPSA) is 45.2 Å². The van der Waals surface area contributed by atoms with Crippen LogP contribution in [0.25, 0.3) is 0 Å². The van der Waals surface area contributed by atoms with Crippen molar-refractivity contribution < 1.29 is 4.79 Å². The van der Waals surface area contributed by atoms with Crippen molar-refractivity contribution in [1.82, 2.24) is 15.2 Å². The van der Waals surface area contributed by atoms with Gasteiger partial charge >= 0.3 is 0 Å². The summed E-state index contributed by atoms with van der Waals surface area (Å²) < 4.78 is 0. The smallest absolute Gasteiger partial charge is 0.252 e. The molecular weight excluding hydrogens is 330 g/mol. The van der Waals surface area contributed by atoms with Crippen LogP contribution in [-0.2, 0) is 0 Å². The fourth-order valence-electron chi connectivity index (χ4n) is 3.22.